The third-order valence-electron chi connectivity index (χ3n) is 1.54. The van der Waals surface area contributed by atoms with Crippen LogP contribution in [0.3, 0.4) is 0 Å². The number of carboxylic acids is 1. The number of carboxylic acid groups (broad SMARTS) is 1. The van der Waals surface area contributed by atoms with E-state index in [1.54, 1.807) is 0 Å². The van der Waals surface area contributed by atoms with Crippen LogP contribution in [0.4, 0.5) is 4.39 Å². The van der Waals surface area contributed by atoms with Crippen molar-refractivity contribution in [2.75, 3.05) is 19.6 Å². The van der Waals surface area contributed by atoms with E-state index in [-0.39, 0.29) is 12.4 Å². The summed E-state index contributed by atoms with van der Waals surface area (Å²) in [6.07, 6.45) is 1.88. The van der Waals surface area contributed by atoms with Gasteiger partial charge in [-0.05, 0) is 0 Å². The zero-order chi connectivity index (χ0) is 8.27. The largest absolute Gasteiger partial charge is 0.478 e. The number of halogens is 2. The van der Waals surface area contributed by atoms with E-state index in [9.17, 15) is 9.18 Å². The molecule has 1 N–H and O–H groups in total. The highest BCUT2D eigenvalue weighted by Gasteiger charge is 2.24. The molecule has 1 rings (SSSR count). The lowest BCUT2D eigenvalue weighted by Crippen LogP contribution is -2.48. The summed E-state index contributed by atoms with van der Waals surface area (Å²) in [7, 11) is 0. The second-order valence-electron chi connectivity index (χ2n) is 2.56. The molecule has 1 aliphatic heterocycles. The normalized spacial score (nSPS) is 18.8. The minimum atomic E-state index is -0.956. The van der Waals surface area contributed by atoms with Crippen LogP contribution < -0.4 is 0 Å². The van der Waals surface area contributed by atoms with Gasteiger partial charge in [-0.15, -0.1) is 12.4 Å². The maximum atomic E-state index is 12.2. The van der Waals surface area contributed by atoms with E-state index in [0.717, 1.165) is 6.08 Å². The highest BCUT2D eigenvalue weighted by molar-refractivity contribution is 5.85. The molecule has 0 radical (unpaired) electrons. The number of hydrogen-bond donors (Lipinski definition) is 1. The van der Waals surface area contributed by atoms with Crippen LogP contribution in [-0.4, -0.2) is 41.8 Å². The van der Waals surface area contributed by atoms with E-state index in [4.69, 9.17) is 5.11 Å². The number of hydrogen-bond acceptors (Lipinski definition) is 2. The standard InChI is InChI=1S/C7H10FNO2.ClH/c8-6-4-9(5-6)3-1-2-7(10)11;/h1-2,6H,3-5H2,(H,10,11);1H/b2-1+;. The summed E-state index contributed by atoms with van der Waals surface area (Å²) in [5.74, 6) is -0.956. The molecular formula is C7H11ClFNO2. The summed E-state index contributed by atoms with van der Waals surface area (Å²) >= 11 is 0. The van der Waals surface area contributed by atoms with Crippen molar-refractivity contribution in [1.29, 1.82) is 0 Å². The molecule has 0 amide bonds. The molecule has 0 atom stereocenters. The molecule has 0 aromatic carbocycles. The van der Waals surface area contributed by atoms with E-state index in [2.05, 4.69) is 0 Å². The summed E-state index contributed by atoms with van der Waals surface area (Å²) in [5.41, 5.74) is 0. The Morgan fingerprint density at radius 1 is 1.67 bits per heavy atom. The third kappa shape index (κ3) is 3.69. The number of aliphatic carboxylic acids is 1. The first kappa shape index (κ1) is 11.4. The minimum Gasteiger partial charge on any atom is -0.478 e. The Morgan fingerprint density at radius 2 is 2.25 bits per heavy atom. The molecule has 5 heteroatoms. The van der Waals surface area contributed by atoms with Gasteiger partial charge in [0.2, 0.25) is 0 Å². The average Bonchev–Trinajstić information content (AvgIpc) is 1.83. The van der Waals surface area contributed by atoms with Gasteiger partial charge in [0.05, 0.1) is 0 Å². The van der Waals surface area contributed by atoms with Crippen LogP contribution in [0.15, 0.2) is 12.2 Å². The van der Waals surface area contributed by atoms with Crippen LogP contribution in [0.5, 0.6) is 0 Å². The molecule has 0 aromatic rings. The summed E-state index contributed by atoms with van der Waals surface area (Å²) in [6, 6.07) is 0. The van der Waals surface area contributed by atoms with Gasteiger partial charge in [0, 0.05) is 25.7 Å². The van der Waals surface area contributed by atoms with Crippen LogP contribution in [0.1, 0.15) is 0 Å². The Hall–Kier alpha value is -0.610. The van der Waals surface area contributed by atoms with Crippen molar-refractivity contribution in [3.63, 3.8) is 0 Å². The lowest BCUT2D eigenvalue weighted by Gasteiger charge is -2.32. The van der Waals surface area contributed by atoms with Crippen LogP contribution >= 0.6 is 12.4 Å². The van der Waals surface area contributed by atoms with Gasteiger partial charge in [-0.3, -0.25) is 4.90 Å². The van der Waals surface area contributed by atoms with Crippen molar-refractivity contribution >= 4 is 18.4 Å². The smallest absolute Gasteiger partial charge is 0.328 e. The van der Waals surface area contributed by atoms with Crippen molar-refractivity contribution in [1.82, 2.24) is 4.90 Å². The van der Waals surface area contributed by atoms with Gasteiger partial charge in [-0.2, -0.15) is 0 Å². The summed E-state index contributed by atoms with van der Waals surface area (Å²) in [5, 5.41) is 8.19. The van der Waals surface area contributed by atoms with Gasteiger partial charge in [0.15, 0.2) is 0 Å². The first-order valence-electron chi connectivity index (χ1n) is 3.44. The highest BCUT2D eigenvalue weighted by atomic mass is 35.5. The molecule has 1 fully saturated rings. The highest BCUT2D eigenvalue weighted by Crippen LogP contribution is 2.09. The Morgan fingerprint density at radius 3 is 2.67 bits per heavy atom. The zero-order valence-corrected chi connectivity index (χ0v) is 7.26. The predicted octanol–water partition coefficient (Wildman–Crippen LogP) is 0.703. The lowest BCUT2D eigenvalue weighted by atomic mass is 10.2. The fourth-order valence-electron chi connectivity index (χ4n) is 0.959. The van der Waals surface area contributed by atoms with Crippen LogP contribution in [-0.2, 0) is 4.79 Å². The van der Waals surface area contributed by atoms with Gasteiger partial charge < -0.3 is 5.11 Å². The minimum absolute atomic E-state index is 0. The van der Waals surface area contributed by atoms with Gasteiger partial charge >= 0.3 is 5.97 Å². The van der Waals surface area contributed by atoms with Crippen molar-refractivity contribution < 1.29 is 14.3 Å². The van der Waals surface area contributed by atoms with Crippen LogP contribution in [0, 0.1) is 0 Å². The molecule has 0 saturated carbocycles. The fraction of sp³-hybridized carbons (Fsp3) is 0.571. The van der Waals surface area contributed by atoms with Crippen molar-refractivity contribution in [3.8, 4) is 0 Å². The third-order valence-corrected chi connectivity index (χ3v) is 1.54. The summed E-state index contributed by atoms with van der Waals surface area (Å²) in [6.45, 7) is 1.40. The molecule has 0 aromatic heterocycles. The van der Waals surface area contributed by atoms with E-state index in [1.807, 2.05) is 4.90 Å². The molecule has 1 saturated heterocycles. The summed E-state index contributed by atoms with van der Waals surface area (Å²) in [4.78, 5) is 11.8. The Bertz CT molecular complexity index is 180. The van der Waals surface area contributed by atoms with Crippen molar-refractivity contribution in [2.45, 2.75) is 6.17 Å². The molecule has 0 aliphatic carbocycles. The second kappa shape index (κ2) is 5.11. The van der Waals surface area contributed by atoms with Gasteiger partial charge in [-0.25, -0.2) is 9.18 Å². The van der Waals surface area contributed by atoms with Gasteiger partial charge in [0.1, 0.15) is 6.17 Å². The maximum Gasteiger partial charge on any atom is 0.328 e. The molecule has 70 valence electrons. The Labute approximate surface area is 76.3 Å². The molecular weight excluding hydrogens is 185 g/mol. The SMILES string of the molecule is Cl.O=C(O)/C=C/CN1CC(F)C1. The van der Waals surface area contributed by atoms with E-state index < -0.39 is 12.1 Å². The first-order chi connectivity index (χ1) is 5.18. The van der Waals surface area contributed by atoms with Crippen molar-refractivity contribution in [2.24, 2.45) is 0 Å². The molecule has 3 nitrogen and oxygen atoms in total. The summed E-state index contributed by atoms with van der Waals surface area (Å²) < 4.78 is 12.2. The number of nitrogens with zero attached hydrogens (tertiary/aromatic N) is 1. The Balaban J connectivity index is 0.00000121. The fourth-order valence-corrected chi connectivity index (χ4v) is 0.959. The second-order valence-corrected chi connectivity index (χ2v) is 2.56. The van der Waals surface area contributed by atoms with Crippen LogP contribution in [0.25, 0.3) is 0 Å². The molecule has 1 heterocycles. The molecule has 1 aliphatic rings. The predicted molar refractivity (Wildman–Crippen MR) is 45.4 cm³/mol. The lowest BCUT2D eigenvalue weighted by molar-refractivity contribution is -0.131. The quantitative estimate of drug-likeness (QED) is 0.675. The molecule has 12 heavy (non-hydrogen) atoms. The topological polar surface area (TPSA) is 40.5 Å². The molecule has 0 unspecified atom stereocenters. The zero-order valence-electron chi connectivity index (χ0n) is 6.44. The van der Waals surface area contributed by atoms with E-state index in [0.29, 0.717) is 19.6 Å². The number of likely N-dealkylation sites (tertiary alicyclic amines) is 1. The average molecular weight is 196 g/mol. The first-order valence-corrected chi connectivity index (χ1v) is 3.44. The number of alkyl halides is 1. The van der Waals surface area contributed by atoms with E-state index in [1.165, 1.54) is 6.08 Å². The number of rotatable bonds is 3. The van der Waals surface area contributed by atoms with Gasteiger partial charge in [0.25, 0.3) is 0 Å². The monoisotopic (exact) mass is 195 g/mol. The van der Waals surface area contributed by atoms with Gasteiger partial charge in [-0.1, -0.05) is 6.08 Å². The van der Waals surface area contributed by atoms with E-state index >= 15 is 0 Å². The van der Waals surface area contributed by atoms with Crippen molar-refractivity contribution in [3.05, 3.63) is 12.2 Å². The molecule has 0 bridgehead atoms. The Kier molecular flexibility index (Phi) is 4.85. The maximum absolute atomic E-state index is 12.2. The van der Waals surface area contributed by atoms with Crippen LogP contribution in [0.2, 0.25) is 0 Å². The molecule has 0 spiro atoms. The number of carbonyl (C=O) groups is 1.